The van der Waals surface area contributed by atoms with Crippen LogP contribution in [0.25, 0.3) is 11.0 Å². The molecule has 3 aromatic rings. The van der Waals surface area contributed by atoms with Crippen molar-refractivity contribution in [3.8, 4) is 5.75 Å². The lowest BCUT2D eigenvalue weighted by Crippen LogP contribution is -2.36. The molecule has 2 amide bonds. The molecule has 3 rings (SSSR count). The standard InChI is InChI=1S/C22H22N2O5/c1-13-5-4-6-14(2)22(13)24-19(25)11-23-20(26)12-28-16-7-8-17-15(3)9-21(27)29-18(17)10-16/h4-10H,11-12H2,1-3H3,(H,23,26)(H,24,25). The van der Waals surface area contributed by atoms with Crippen molar-refractivity contribution in [1.29, 1.82) is 0 Å². The lowest BCUT2D eigenvalue weighted by Gasteiger charge is -2.12. The van der Waals surface area contributed by atoms with E-state index in [0.717, 1.165) is 27.8 Å². The molecule has 0 aliphatic rings. The van der Waals surface area contributed by atoms with E-state index in [1.807, 2.05) is 39.0 Å². The molecule has 150 valence electrons. The number of amides is 2. The van der Waals surface area contributed by atoms with E-state index in [1.165, 1.54) is 6.07 Å². The van der Waals surface area contributed by atoms with Crippen molar-refractivity contribution >= 4 is 28.5 Å². The van der Waals surface area contributed by atoms with Gasteiger partial charge in [0, 0.05) is 23.2 Å². The Morgan fingerprint density at radius 3 is 2.41 bits per heavy atom. The van der Waals surface area contributed by atoms with Crippen LogP contribution in [0.3, 0.4) is 0 Å². The summed E-state index contributed by atoms with van der Waals surface area (Å²) >= 11 is 0. The molecular weight excluding hydrogens is 372 g/mol. The fraction of sp³-hybridized carbons (Fsp3) is 0.227. The van der Waals surface area contributed by atoms with Crippen molar-refractivity contribution in [1.82, 2.24) is 5.32 Å². The Balaban J connectivity index is 1.53. The van der Waals surface area contributed by atoms with Gasteiger partial charge in [0.2, 0.25) is 5.91 Å². The zero-order valence-corrected chi connectivity index (χ0v) is 16.5. The molecule has 29 heavy (non-hydrogen) atoms. The van der Waals surface area contributed by atoms with Gasteiger partial charge in [-0.3, -0.25) is 9.59 Å². The third-order valence-electron chi connectivity index (χ3n) is 4.48. The predicted octanol–water partition coefficient (Wildman–Crippen LogP) is 2.85. The van der Waals surface area contributed by atoms with Crippen molar-refractivity contribution in [2.75, 3.05) is 18.5 Å². The molecule has 1 heterocycles. The molecule has 2 N–H and O–H groups in total. The zero-order chi connectivity index (χ0) is 21.0. The van der Waals surface area contributed by atoms with Crippen molar-refractivity contribution in [3.05, 3.63) is 69.6 Å². The van der Waals surface area contributed by atoms with Crippen molar-refractivity contribution in [2.45, 2.75) is 20.8 Å². The van der Waals surface area contributed by atoms with Crippen molar-refractivity contribution in [2.24, 2.45) is 0 Å². The number of carbonyl (C=O) groups is 2. The van der Waals surface area contributed by atoms with Gasteiger partial charge >= 0.3 is 5.63 Å². The number of para-hydroxylation sites is 1. The molecule has 2 aromatic carbocycles. The molecule has 0 saturated heterocycles. The molecule has 0 unspecified atom stereocenters. The van der Waals surface area contributed by atoms with E-state index in [-0.39, 0.29) is 19.1 Å². The maximum absolute atomic E-state index is 12.1. The van der Waals surface area contributed by atoms with Crippen LogP contribution in [0.5, 0.6) is 5.75 Å². The van der Waals surface area contributed by atoms with Gasteiger partial charge in [0.05, 0.1) is 6.54 Å². The van der Waals surface area contributed by atoms with Crippen LogP contribution in [0.1, 0.15) is 16.7 Å². The Bertz CT molecular complexity index is 1110. The third-order valence-corrected chi connectivity index (χ3v) is 4.48. The van der Waals surface area contributed by atoms with E-state index in [1.54, 1.807) is 18.2 Å². The van der Waals surface area contributed by atoms with Gasteiger partial charge < -0.3 is 19.8 Å². The molecule has 0 aliphatic heterocycles. The second-order valence-corrected chi connectivity index (χ2v) is 6.79. The number of hydrogen-bond acceptors (Lipinski definition) is 5. The molecular formula is C22H22N2O5. The highest BCUT2D eigenvalue weighted by Gasteiger charge is 2.10. The Morgan fingerprint density at radius 2 is 1.69 bits per heavy atom. The van der Waals surface area contributed by atoms with Gasteiger partial charge in [0.1, 0.15) is 11.3 Å². The molecule has 0 atom stereocenters. The highest BCUT2D eigenvalue weighted by molar-refractivity contribution is 5.95. The van der Waals surface area contributed by atoms with Gasteiger partial charge in [-0.2, -0.15) is 0 Å². The van der Waals surface area contributed by atoms with Gasteiger partial charge in [-0.1, -0.05) is 18.2 Å². The Morgan fingerprint density at radius 1 is 0.966 bits per heavy atom. The summed E-state index contributed by atoms with van der Waals surface area (Å²) in [5.41, 5.74) is 3.39. The molecule has 7 nitrogen and oxygen atoms in total. The lowest BCUT2D eigenvalue weighted by atomic mass is 10.1. The van der Waals surface area contributed by atoms with Gasteiger partial charge in [0.15, 0.2) is 6.61 Å². The van der Waals surface area contributed by atoms with E-state index in [2.05, 4.69) is 10.6 Å². The molecule has 0 saturated carbocycles. The molecule has 7 heteroatoms. The summed E-state index contributed by atoms with van der Waals surface area (Å²) in [5, 5.41) is 6.12. The summed E-state index contributed by atoms with van der Waals surface area (Å²) in [6, 6.07) is 12.2. The molecule has 0 aliphatic carbocycles. The topological polar surface area (TPSA) is 97.6 Å². The zero-order valence-electron chi connectivity index (χ0n) is 16.5. The van der Waals surface area contributed by atoms with E-state index in [0.29, 0.717) is 11.3 Å². The number of hydrogen-bond donors (Lipinski definition) is 2. The van der Waals surface area contributed by atoms with E-state index in [4.69, 9.17) is 9.15 Å². The van der Waals surface area contributed by atoms with Gasteiger partial charge in [-0.15, -0.1) is 0 Å². The van der Waals surface area contributed by atoms with Crippen LogP contribution >= 0.6 is 0 Å². The van der Waals surface area contributed by atoms with Crippen LogP contribution in [0.15, 0.2) is 51.7 Å². The van der Waals surface area contributed by atoms with Crippen LogP contribution in [-0.2, 0) is 9.59 Å². The highest BCUT2D eigenvalue weighted by atomic mass is 16.5. The maximum atomic E-state index is 12.1. The number of anilines is 1. The SMILES string of the molecule is Cc1cccc(C)c1NC(=O)CNC(=O)COc1ccc2c(C)cc(=O)oc2c1. The van der Waals surface area contributed by atoms with Crippen LogP contribution < -0.4 is 21.0 Å². The average Bonchev–Trinajstić information content (AvgIpc) is 2.67. The van der Waals surface area contributed by atoms with Gasteiger partial charge in [-0.05, 0) is 49.6 Å². The maximum Gasteiger partial charge on any atom is 0.336 e. The van der Waals surface area contributed by atoms with Crippen LogP contribution in [0.4, 0.5) is 5.69 Å². The summed E-state index contributed by atoms with van der Waals surface area (Å²) in [7, 11) is 0. The normalized spacial score (nSPS) is 10.6. The minimum Gasteiger partial charge on any atom is -0.484 e. The Kier molecular flexibility index (Phi) is 5.97. The van der Waals surface area contributed by atoms with E-state index >= 15 is 0 Å². The smallest absolute Gasteiger partial charge is 0.336 e. The summed E-state index contributed by atoms with van der Waals surface area (Å²) in [6.07, 6.45) is 0. The molecule has 0 spiro atoms. The van der Waals surface area contributed by atoms with Crippen molar-refractivity contribution < 1.29 is 18.7 Å². The molecule has 0 radical (unpaired) electrons. The predicted molar refractivity (Wildman–Crippen MR) is 110 cm³/mol. The molecule has 0 bridgehead atoms. The average molecular weight is 394 g/mol. The van der Waals surface area contributed by atoms with Gasteiger partial charge in [-0.25, -0.2) is 4.79 Å². The quantitative estimate of drug-likeness (QED) is 0.627. The fourth-order valence-corrected chi connectivity index (χ4v) is 2.97. The highest BCUT2D eigenvalue weighted by Crippen LogP contribution is 2.22. The second kappa shape index (κ2) is 8.60. The number of nitrogens with one attached hydrogen (secondary N) is 2. The van der Waals surface area contributed by atoms with E-state index < -0.39 is 11.5 Å². The number of rotatable bonds is 6. The fourth-order valence-electron chi connectivity index (χ4n) is 2.97. The third kappa shape index (κ3) is 5.01. The lowest BCUT2D eigenvalue weighted by molar-refractivity contribution is -0.125. The number of carbonyl (C=O) groups excluding carboxylic acids is 2. The summed E-state index contributed by atoms with van der Waals surface area (Å²) in [6.45, 7) is 5.20. The number of aryl methyl sites for hydroxylation is 3. The first-order chi connectivity index (χ1) is 13.8. The minimum atomic E-state index is -0.445. The van der Waals surface area contributed by atoms with Crippen LogP contribution in [0, 0.1) is 20.8 Å². The van der Waals surface area contributed by atoms with Crippen molar-refractivity contribution in [3.63, 3.8) is 0 Å². The van der Waals surface area contributed by atoms with Gasteiger partial charge in [0.25, 0.3) is 5.91 Å². The first kappa shape index (κ1) is 20.1. The summed E-state index contributed by atoms with van der Waals surface area (Å²) < 4.78 is 10.6. The number of benzene rings is 2. The number of fused-ring (bicyclic) bond motifs is 1. The monoisotopic (exact) mass is 394 g/mol. The van der Waals surface area contributed by atoms with Crippen LogP contribution in [0.2, 0.25) is 0 Å². The molecule has 1 aromatic heterocycles. The Labute approximate surface area is 167 Å². The van der Waals surface area contributed by atoms with E-state index in [9.17, 15) is 14.4 Å². The molecule has 0 fully saturated rings. The summed E-state index contributed by atoms with van der Waals surface area (Å²) in [4.78, 5) is 35.6. The first-order valence-corrected chi connectivity index (χ1v) is 9.13. The second-order valence-electron chi connectivity index (χ2n) is 6.79. The minimum absolute atomic E-state index is 0.165. The Hall–Kier alpha value is -3.61. The first-order valence-electron chi connectivity index (χ1n) is 9.13. The largest absolute Gasteiger partial charge is 0.484 e. The van der Waals surface area contributed by atoms with Crippen LogP contribution in [-0.4, -0.2) is 25.0 Å². The number of ether oxygens (including phenoxy) is 1. The summed E-state index contributed by atoms with van der Waals surface area (Å²) in [5.74, 6) is -0.368.